The molecule has 23 heavy (non-hydrogen) atoms. The Labute approximate surface area is 143 Å². The highest BCUT2D eigenvalue weighted by Crippen LogP contribution is 2.43. The summed E-state index contributed by atoms with van der Waals surface area (Å²) >= 11 is 6.11. The lowest BCUT2D eigenvalue weighted by Gasteiger charge is -2.37. The van der Waals surface area contributed by atoms with Crippen molar-refractivity contribution in [3.05, 3.63) is 34.9 Å². The van der Waals surface area contributed by atoms with Crippen LogP contribution in [0.3, 0.4) is 0 Å². The maximum atomic E-state index is 12.9. The molecule has 2 rings (SSSR count). The van der Waals surface area contributed by atoms with Crippen molar-refractivity contribution in [2.75, 3.05) is 0 Å². The molecule has 1 saturated heterocycles. The van der Waals surface area contributed by atoms with Gasteiger partial charge in [0, 0.05) is 5.02 Å². The number of amides is 1. The lowest BCUT2D eigenvalue weighted by molar-refractivity contribution is -0.137. The fraction of sp³-hybridized carbons (Fsp3) is 0.556. The van der Waals surface area contributed by atoms with Crippen molar-refractivity contribution >= 4 is 17.5 Å². The second kappa shape index (κ2) is 6.90. The summed E-state index contributed by atoms with van der Waals surface area (Å²) in [5.41, 5.74) is 6.40. The molecule has 1 aliphatic rings. The molecule has 0 radical (unpaired) electrons. The number of benzene rings is 1. The summed E-state index contributed by atoms with van der Waals surface area (Å²) in [7, 11) is 0. The molecule has 0 spiro atoms. The summed E-state index contributed by atoms with van der Waals surface area (Å²) in [5.74, 6) is -0.0803. The van der Waals surface area contributed by atoms with Gasteiger partial charge in [-0.1, -0.05) is 30.7 Å². The monoisotopic (exact) mass is 333 g/mol. The van der Waals surface area contributed by atoms with Crippen LogP contribution in [0.5, 0.6) is 0 Å². The zero-order valence-electron chi connectivity index (χ0n) is 13.9. The number of nitriles is 1. The Morgan fingerprint density at radius 3 is 2.78 bits per heavy atom. The van der Waals surface area contributed by atoms with Gasteiger partial charge in [-0.3, -0.25) is 4.79 Å². The molecule has 0 saturated carbocycles. The molecule has 0 unspecified atom stereocenters. The maximum Gasteiger partial charge on any atom is 0.240 e. The first-order valence-corrected chi connectivity index (χ1v) is 8.44. The number of carbonyl (C=O) groups is 1. The standard InChI is InChI=1S/C18H24ClN3O/c1-4-14(21)17(23)22-15(12-6-5-7-13(19)10-12)8-9-16(22)18(2,3)11-20/h5-7,10,14-16H,4,8-9,21H2,1-3H3/t14-,15+,16-/m1/s1. The first-order chi connectivity index (χ1) is 10.8. The highest BCUT2D eigenvalue weighted by molar-refractivity contribution is 6.30. The molecule has 1 aromatic carbocycles. The van der Waals surface area contributed by atoms with Gasteiger partial charge in [0.1, 0.15) is 0 Å². The maximum absolute atomic E-state index is 12.9. The summed E-state index contributed by atoms with van der Waals surface area (Å²) in [6, 6.07) is 9.19. The summed E-state index contributed by atoms with van der Waals surface area (Å²) in [5, 5.41) is 10.2. The predicted molar refractivity (Wildman–Crippen MR) is 91.7 cm³/mol. The van der Waals surface area contributed by atoms with E-state index in [2.05, 4.69) is 6.07 Å². The molecule has 124 valence electrons. The fourth-order valence-corrected chi connectivity index (χ4v) is 3.51. The van der Waals surface area contributed by atoms with Crippen LogP contribution in [0, 0.1) is 16.7 Å². The first-order valence-electron chi connectivity index (χ1n) is 8.06. The molecule has 1 amide bonds. The minimum absolute atomic E-state index is 0.0728. The van der Waals surface area contributed by atoms with Gasteiger partial charge in [-0.2, -0.15) is 5.26 Å². The van der Waals surface area contributed by atoms with Gasteiger partial charge in [0.2, 0.25) is 5.91 Å². The van der Waals surface area contributed by atoms with E-state index < -0.39 is 11.5 Å². The molecule has 1 aromatic rings. The Morgan fingerprint density at radius 1 is 1.52 bits per heavy atom. The number of nitrogens with zero attached hydrogens (tertiary/aromatic N) is 2. The molecular weight excluding hydrogens is 310 g/mol. The van der Waals surface area contributed by atoms with E-state index in [4.69, 9.17) is 17.3 Å². The van der Waals surface area contributed by atoms with Gasteiger partial charge in [0.25, 0.3) is 0 Å². The van der Waals surface area contributed by atoms with Crippen molar-refractivity contribution in [1.29, 1.82) is 5.26 Å². The molecule has 1 heterocycles. The van der Waals surface area contributed by atoms with E-state index in [1.54, 1.807) is 0 Å². The molecular formula is C18H24ClN3O. The highest BCUT2D eigenvalue weighted by atomic mass is 35.5. The normalized spacial score (nSPS) is 22.7. The molecule has 4 nitrogen and oxygen atoms in total. The van der Waals surface area contributed by atoms with Gasteiger partial charge in [-0.05, 0) is 50.8 Å². The van der Waals surface area contributed by atoms with E-state index in [1.165, 1.54) is 0 Å². The molecule has 0 bridgehead atoms. The van der Waals surface area contributed by atoms with Gasteiger partial charge in [-0.25, -0.2) is 0 Å². The molecule has 0 aromatic heterocycles. The molecule has 5 heteroatoms. The minimum atomic E-state index is -0.615. The smallest absolute Gasteiger partial charge is 0.240 e. The number of likely N-dealkylation sites (tertiary alicyclic amines) is 1. The average Bonchev–Trinajstić information content (AvgIpc) is 2.99. The van der Waals surface area contributed by atoms with Gasteiger partial charge >= 0.3 is 0 Å². The Hall–Kier alpha value is -1.57. The third-order valence-corrected chi connectivity index (χ3v) is 4.99. The molecule has 0 aliphatic carbocycles. The largest absolute Gasteiger partial charge is 0.330 e. The van der Waals surface area contributed by atoms with Crippen LogP contribution in [-0.2, 0) is 4.79 Å². The second-order valence-electron chi connectivity index (χ2n) is 6.76. The fourth-order valence-electron chi connectivity index (χ4n) is 3.31. The van der Waals surface area contributed by atoms with Crippen molar-refractivity contribution in [1.82, 2.24) is 4.90 Å². The third kappa shape index (κ3) is 3.52. The van der Waals surface area contributed by atoms with E-state index in [-0.39, 0.29) is 18.0 Å². The zero-order chi connectivity index (χ0) is 17.2. The van der Waals surface area contributed by atoms with Gasteiger partial charge in [0.15, 0.2) is 0 Å². The predicted octanol–water partition coefficient (Wildman–Crippen LogP) is 3.66. The van der Waals surface area contributed by atoms with Crippen molar-refractivity contribution in [3.8, 4) is 6.07 Å². The number of nitrogens with two attached hydrogens (primary N) is 1. The average molecular weight is 334 g/mol. The van der Waals surface area contributed by atoms with E-state index in [9.17, 15) is 10.1 Å². The van der Waals surface area contributed by atoms with Crippen LogP contribution < -0.4 is 5.73 Å². The van der Waals surface area contributed by atoms with E-state index in [0.717, 1.165) is 18.4 Å². The molecule has 1 aliphatic heterocycles. The number of halogens is 1. The van der Waals surface area contributed by atoms with Gasteiger partial charge in [-0.15, -0.1) is 0 Å². The first kappa shape index (κ1) is 17.8. The van der Waals surface area contributed by atoms with Crippen LogP contribution >= 0.6 is 11.6 Å². The quantitative estimate of drug-likeness (QED) is 0.914. The third-order valence-electron chi connectivity index (χ3n) is 4.75. The number of carbonyl (C=O) groups excluding carboxylic acids is 1. The van der Waals surface area contributed by atoms with Crippen molar-refractivity contribution < 1.29 is 4.79 Å². The number of rotatable bonds is 4. The Morgan fingerprint density at radius 2 is 2.22 bits per heavy atom. The summed E-state index contributed by atoms with van der Waals surface area (Å²) < 4.78 is 0. The summed E-state index contributed by atoms with van der Waals surface area (Å²) in [4.78, 5) is 14.7. The van der Waals surface area contributed by atoms with Crippen LogP contribution in [0.1, 0.15) is 51.6 Å². The lowest BCUT2D eigenvalue weighted by atomic mass is 9.84. The number of hydrogen-bond donors (Lipinski definition) is 1. The van der Waals surface area contributed by atoms with Gasteiger partial charge in [0.05, 0.1) is 29.6 Å². The van der Waals surface area contributed by atoms with Crippen LogP contribution in [0.4, 0.5) is 0 Å². The van der Waals surface area contributed by atoms with Crippen molar-refractivity contribution in [2.45, 2.75) is 58.2 Å². The van der Waals surface area contributed by atoms with E-state index >= 15 is 0 Å². The molecule has 2 N–H and O–H groups in total. The van der Waals surface area contributed by atoms with Crippen molar-refractivity contribution in [2.24, 2.45) is 11.1 Å². The Kier molecular flexibility index (Phi) is 5.33. The van der Waals surface area contributed by atoms with Crippen LogP contribution in [0.15, 0.2) is 24.3 Å². The van der Waals surface area contributed by atoms with E-state index in [1.807, 2.05) is 49.9 Å². The summed E-state index contributed by atoms with van der Waals surface area (Å²) in [6.07, 6.45) is 2.19. The Bertz CT molecular complexity index is 623. The number of hydrogen-bond acceptors (Lipinski definition) is 3. The highest BCUT2D eigenvalue weighted by Gasteiger charge is 2.46. The SMILES string of the molecule is CC[C@@H](N)C(=O)N1[C@H](c2cccc(Cl)c2)CC[C@@H]1C(C)(C)C#N. The van der Waals surface area contributed by atoms with Crippen LogP contribution in [-0.4, -0.2) is 22.9 Å². The summed E-state index contributed by atoms with van der Waals surface area (Å²) in [6.45, 7) is 5.67. The van der Waals surface area contributed by atoms with Crippen molar-refractivity contribution in [3.63, 3.8) is 0 Å². The van der Waals surface area contributed by atoms with E-state index in [0.29, 0.717) is 11.4 Å². The Balaban J connectivity index is 2.43. The zero-order valence-corrected chi connectivity index (χ0v) is 14.7. The molecule has 1 fully saturated rings. The van der Waals surface area contributed by atoms with Crippen LogP contribution in [0.25, 0.3) is 0 Å². The minimum Gasteiger partial charge on any atom is -0.330 e. The van der Waals surface area contributed by atoms with Gasteiger partial charge < -0.3 is 10.6 Å². The van der Waals surface area contributed by atoms with Crippen LogP contribution in [0.2, 0.25) is 5.02 Å². The topological polar surface area (TPSA) is 70.1 Å². The second-order valence-corrected chi connectivity index (χ2v) is 7.19. The lowest BCUT2D eigenvalue weighted by Crippen LogP contribution is -2.50. The molecule has 3 atom stereocenters.